The zero-order valence-corrected chi connectivity index (χ0v) is 11.9. The first-order chi connectivity index (χ1) is 9.67. The smallest absolute Gasteiger partial charge is 0.228 e. The zero-order chi connectivity index (χ0) is 14.1. The SMILES string of the molecule is CNC(c1ccc(Cl)cc1)c1ccc2c(c1)CC(=O)N2. The molecule has 0 saturated heterocycles. The first-order valence-electron chi connectivity index (χ1n) is 6.53. The van der Waals surface area contributed by atoms with Gasteiger partial charge in [-0.1, -0.05) is 35.9 Å². The molecule has 0 radical (unpaired) electrons. The third kappa shape index (κ3) is 2.42. The Hall–Kier alpha value is -1.84. The minimum atomic E-state index is 0.0599. The second-order valence-corrected chi connectivity index (χ2v) is 5.35. The van der Waals surface area contributed by atoms with E-state index in [-0.39, 0.29) is 11.9 Å². The van der Waals surface area contributed by atoms with Crippen LogP contribution in [0.4, 0.5) is 5.69 Å². The van der Waals surface area contributed by atoms with Gasteiger partial charge in [-0.15, -0.1) is 0 Å². The second kappa shape index (κ2) is 5.27. The maximum absolute atomic E-state index is 11.4. The molecule has 0 aromatic heterocycles. The minimum Gasteiger partial charge on any atom is -0.326 e. The number of hydrogen-bond donors (Lipinski definition) is 2. The van der Waals surface area contributed by atoms with Crippen molar-refractivity contribution in [3.05, 3.63) is 64.2 Å². The highest BCUT2D eigenvalue weighted by molar-refractivity contribution is 6.30. The van der Waals surface area contributed by atoms with Crippen LogP contribution in [0.15, 0.2) is 42.5 Å². The van der Waals surface area contributed by atoms with Crippen molar-refractivity contribution in [2.24, 2.45) is 0 Å². The van der Waals surface area contributed by atoms with Crippen molar-refractivity contribution in [3.63, 3.8) is 0 Å². The van der Waals surface area contributed by atoms with Gasteiger partial charge in [0.1, 0.15) is 0 Å². The van der Waals surface area contributed by atoms with E-state index in [9.17, 15) is 4.79 Å². The Morgan fingerprint density at radius 2 is 1.85 bits per heavy atom. The molecule has 3 rings (SSSR count). The van der Waals surface area contributed by atoms with Gasteiger partial charge in [0.25, 0.3) is 0 Å². The van der Waals surface area contributed by atoms with Crippen molar-refractivity contribution in [3.8, 4) is 0 Å². The van der Waals surface area contributed by atoms with E-state index in [4.69, 9.17) is 11.6 Å². The molecule has 2 aromatic rings. The number of benzene rings is 2. The summed E-state index contributed by atoms with van der Waals surface area (Å²) in [5, 5.41) is 6.89. The summed E-state index contributed by atoms with van der Waals surface area (Å²) in [7, 11) is 1.93. The average molecular weight is 287 g/mol. The van der Waals surface area contributed by atoms with Crippen LogP contribution >= 0.6 is 11.6 Å². The summed E-state index contributed by atoms with van der Waals surface area (Å²) in [6.07, 6.45) is 0.459. The summed E-state index contributed by atoms with van der Waals surface area (Å²) < 4.78 is 0. The lowest BCUT2D eigenvalue weighted by atomic mass is 9.96. The molecule has 1 amide bonds. The second-order valence-electron chi connectivity index (χ2n) is 4.91. The van der Waals surface area contributed by atoms with Crippen molar-refractivity contribution in [2.45, 2.75) is 12.5 Å². The molecule has 0 fully saturated rings. The monoisotopic (exact) mass is 286 g/mol. The number of rotatable bonds is 3. The van der Waals surface area contributed by atoms with Crippen LogP contribution < -0.4 is 10.6 Å². The van der Waals surface area contributed by atoms with Gasteiger partial charge in [-0.05, 0) is 41.9 Å². The summed E-state index contributed by atoms with van der Waals surface area (Å²) in [6.45, 7) is 0. The van der Waals surface area contributed by atoms with E-state index in [1.807, 2.05) is 43.4 Å². The molecule has 20 heavy (non-hydrogen) atoms. The van der Waals surface area contributed by atoms with E-state index in [2.05, 4.69) is 16.7 Å². The predicted molar refractivity (Wildman–Crippen MR) is 81.1 cm³/mol. The van der Waals surface area contributed by atoms with Crippen LogP contribution in [-0.4, -0.2) is 13.0 Å². The molecule has 3 nitrogen and oxygen atoms in total. The molecular weight excluding hydrogens is 272 g/mol. The van der Waals surface area contributed by atoms with E-state index in [1.54, 1.807) is 0 Å². The van der Waals surface area contributed by atoms with Crippen LogP contribution in [0.2, 0.25) is 5.02 Å². The van der Waals surface area contributed by atoms with Gasteiger partial charge < -0.3 is 10.6 Å². The van der Waals surface area contributed by atoms with Crippen molar-refractivity contribution >= 4 is 23.2 Å². The molecule has 2 N–H and O–H groups in total. The number of amides is 1. The van der Waals surface area contributed by atoms with Gasteiger partial charge in [0, 0.05) is 10.7 Å². The summed E-state index contributed by atoms with van der Waals surface area (Å²) in [5.41, 5.74) is 4.27. The Morgan fingerprint density at radius 1 is 1.15 bits per heavy atom. The molecule has 4 heteroatoms. The Labute approximate surface area is 123 Å². The molecule has 1 aliphatic heterocycles. The number of fused-ring (bicyclic) bond motifs is 1. The molecule has 0 spiro atoms. The number of nitrogens with one attached hydrogen (secondary N) is 2. The van der Waals surface area contributed by atoms with Crippen molar-refractivity contribution in [2.75, 3.05) is 12.4 Å². The average Bonchev–Trinajstić information content (AvgIpc) is 2.81. The highest BCUT2D eigenvalue weighted by Gasteiger charge is 2.20. The molecule has 2 aromatic carbocycles. The maximum Gasteiger partial charge on any atom is 0.228 e. The van der Waals surface area contributed by atoms with Crippen LogP contribution in [0.25, 0.3) is 0 Å². The van der Waals surface area contributed by atoms with Crippen molar-refractivity contribution in [1.82, 2.24) is 5.32 Å². The summed E-state index contributed by atoms with van der Waals surface area (Å²) in [4.78, 5) is 11.4. The third-order valence-corrected chi connectivity index (χ3v) is 3.83. The van der Waals surface area contributed by atoms with E-state index in [1.165, 1.54) is 0 Å². The molecule has 1 heterocycles. The van der Waals surface area contributed by atoms with Crippen LogP contribution in [0.1, 0.15) is 22.7 Å². The predicted octanol–water partition coefficient (Wildman–Crippen LogP) is 3.14. The van der Waals surface area contributed by atoms with Crippen LogP contribution in [0, 0.1) is 0 Å². The fraction of sp³-hybridized carbons (Fsp3) is 0.188. The number of hydrogen-bond acceptors (Lipinski definition) is 2. The minimum absolute atomic E-state index is 0.0599. The first kappa shape index (κ1) is 13.2. The van der Waals surface area contributed by atoms with E-state index in [0.29, 0.717) is 6.42 Å². The van der Waals surface area contributed by atoms with Gasteiger partial charge in [0.15, 0.2) is 0 Å². The standard InChI is InChI=1S/C16H15ClN2O/c1-18-16(10-2-5-13(17)6-3-10)11-4-7-14-12(8-11)9-15(20)19-14/h2-8,16,18H,9H2,1H3,(H,19,20). The number of carbonyl (C=O) groups excluding carboxylic acids is 1. The zero-order valence-electron chi connectivity index (χ0n) is 11.1. The highest BCUT2D eigenvalue weighted by Crippen LogP contribution is 2.29. The lowest BCUT2D eigenvalue weighted by molar-refractivity contribution is -0.115. The quantitative estimate of drug-likeness (QED) is 0.910. The molecule has 0 bridgehead atoms. The topological polar surface area (TPSA) is 41.1 Å². The maximum atomic E-state index is 11.4. The largest absolute Gasteiger partial charge is 0.326 e. The van der Waals surface area contributed by atoms with Gasteiger partial charge in [0.2, 0.25) is 5.91 Å². The normalized spacial score (nSPS) is 14.8. The molecule has 0 saturated carbocycles. The molecule has 102 valence electrons. The van der Waals surface area contributed by atoms with Crippen LogP contribution in [0.5, 0.6) is 0 Å². The fourth-order valence-electron chi connectivity index (χ4n) is 2.61. The lowest BCUT2D eigenvalue weighted by Crippen LogP contribution is -2.17. The molecule has 1 unspecified atom stereocenters. The Balaban J connectivity index is 1.96. The molecule has 1 atom stereocenters. The van der Waals surface area contributed by atoms with Gasteiger partial charge in [-0.2, -0.15) is 0 Å². The highest BCUT2D eigenvalue weighted by atomic mass is 35.5. The van der Waals surface area contributed by atoms with Crippen LogP contribution in [0.3, 0.4) is 0 Å². The fourth-order valence-corrected chi connectivity index (χ4v) is 2.74. The molecule has 0 aliphatic carbocycles. The number of carbonyl (C=O) groups is 1. The summed E-state index contributed by atoms with van der Waals surface area (Å²) in [6, 6.07) is 14.0. The van der Waals surface area contributed by atoms with Gasteiger partial charge in [-0.3, -0.25) is 4.79 Å². The Kier molecular flexibility index (Phi) is 3.47. The van der Waals surface area contributed by atoms with E-state index >= 15 is 0 Å². The van der Waals surface area contributed by atoms with Gasteiger partial charge in [-0.25, -0.2) is 0 Å². The Morgan fingerprint density at radius 3 is 2.55 bits per heavy atom. The van der Waals surface area contributed by atoms with Gasteiger partial charge in [0.05, 0.1) is 12.5 Å². The van der Waals surface area contributed by atoms with Crippen LogP contribution in [-0.2, 0) is 11.2 Å². The first-order valence-corrected chi connectivity index (χ1v) is 6.90. The number of anilines is 1. The van der Waals surface area contributed by atoms with E-state index in [0.717, 1.165) is 27.4 Å². The Bertz CT molecular complexity index is 652. The molecule has 1 aliphatic rings. The molecular formula is C16H15ClN2O. The summed E-state index contributed by atoms with van der Waals surface area (Å²) in [5.74, 6) is 0.0599. The van der Waals surface area contributed by atoms with Crippen molar-refractivity contribution in [1.29, 1.82) is 0 Å². The number of halogens is 1. The van der Waals surface area contributed by atoms with Gasteiger partial charge >= 0.3 is 0 Å². The summed E-state index contributed by atoms with van der Waals surface area (Å²) >= 11 is 5.93. The van der Waals surface area contributed by atoms with E-state index < -0.39 is 0 Å². The lowest BCUT2D eigenvalue weighted by Gasteiger charge is -2.18. The third-order valence-electron chi connectivity index (χ3n) is 3.58. The van der Waals surface area contributed by atoms with Crippen molar-refractivity contribution < 1.29 is 4.79 Å².